The van der Waals surface area contributed by atoms with E-state index in [9.17, 15) is 0 Å². The molecule has 0 saturated carbocycles. The molecule has 5 rings (SSSR count). The van der Waals surface area contributed by atoms with E-state index in [2.05, 4.69) is 115 Å². The normalized spacial score (nSPS) is 19.2. The molecule has 0 nitrogen and oxygen atoms in total. The zero-order chi connectivity index (χ0) is 18.8. The Hall–Kier alpha value is -2.37. The van der Waals surface area contributed by atoms with Crippen molar-refractivity contribution in [2.75, 3.05) is 0 Å². The fourth-order valence-corrected chi connectivity index (χ4v) is 8.88. The van der Waals surface area contributed by atoms with Crippen LogP contribution in [0.2, 0.25) is 0 Å². The molecule has 2 aliphatic carbocycles. The van der Waals surface area contributed by atoms with Crippen LogP contribution in [0.15, 0.2) is 115 Å². The second kappa shape index (κ2) is 7.57. The van der Waals surface area contributed by atoms with E-state index in [1.165, 1.54) is 22.3 Å². The van der Waals surface area contributed by atoms with Gasteiger partial charge in [0, 0.05) is 0 Å². The van der Waals surface area contributed by atoms with Crippen LogP contribution < -0.4 is 0 Å². The first kappa shape index (κ1) is 17.7. The van der Waals surface area contributed by atoms with Crippen molar-refractivity contribution in [3.8, 4) is 0 Å². The molecule has 0 saturated heterocycles. The molecule has 1 unspecified atom stereocenters. The second-order valence-electron chi connectivity index (χ2n) is 7.28. The van der Waals surface area contributed by atoms with E-state index in [4.69, 9.17) is 0 Å². The van der Waals surface area contributed by atoms with E-state index in [-0.39, 0.29) is 3.12 Å². The van der Waals surface area contributed by atoms with Crippen LogP contribution >= 0.6 is 0 Å². The van der Waals surface area contributed by atoms with Crippen molar-refractivity contribution in [3.63, 3.8) is 0 Å². The summed E-state index contributed by atoms with van der Waals surface area (Å²) in [5.41, 5.74) is 7.20. The van der Waals surface area contributed by atoms with Crippen molar-refractivity contribution < 1.29 is 22.8 Å². The standard InChI is InChI=1S/C14H11.C13H10.Zr/c1-2-6-11(5-1)14-10-9-12-7-3-4-8-13(12)14;1-3-7-12(8-4-1)11-13-9-5-2-6-10-13;/h1-5,7-10H,6H2;1-10H;. The van der Waals surface area contributed by atoms with E-state index in [0.717, 1.165) is 6.42 Å². The van der Waals surface area contributed by atoms with Crippen LogP contribution in [0.5, 0.6) is 0 Å². The van der Waals surface area contributed by atoms with Gasteiger partial charge in [0.2, 0.25) is 0 Å². The number of benzene rings is 3. The van der Waals surface area contributed by atoms with E-state index in [0.29, 0.717) is 0 Å². The predicted octanol–water partition coefficient (Wildman–Crippen LogP) is 6.15. The fourth-order valence-electron chi connectivity index (χ4n) is 4.23. The summed E-state index contributed by atoms with van der Waals surface area (Å²) in [4.78, 5) is 0. The van der Waals surface area contributed by atoms with Crippen LogP contribution in [0, 0.1) is 0 Å². The molecule has 0 bridgehead atoms. The van der Waals surface area contributed by atoms with Gasteiger partial charge in [-0.25, -0.2) is 0 Å². The average molecular weight is 437 g/mol. The molecule has 0 N–H and O–H groups in total. The third-order valence-corrected chi connectivity index (χ3v) is 10.5. The molecule has 0 spiro atoms. The van der Waals surface area contributed by atoms with Gasteiger partial charge in [-0.15, -0.1) is 0 Å². The van der Waals surface area contributed by atoms with Gasteiger partial charge in [0.1, 0.15) is 0 Å². The predicted molar refractivity (Wildman–Crippen MR) is 115 cm³/mol. The van der Waals surface area contributed by atoms with E-state index in [1.807, 2.05) is 0 Å². The maximum atomic E-state index is 2.51. The first-order valence-electron chi connectivity index (χ1n) is 9.78. The summed E-state index contributed by atoms with van der Waals surface area (Å²) in [5.74, 6) is 0. The van der Waals surface area contributed by atoms with Gasteiger partial charge >= 0.3 is 179 Å². The molecule has 3 aromatic carbocycles. The van der Waals surface area contributed by atoms with Gasteiger partial charge in [-0.2, -0.15) is 0 Å². The summed E-state index contributed by atoms with van der Waals surface area (Å²) in [6.45, 7) is 0. The topological polar surface area (TPSA) is 0 Å². The van der Waals surface area contributed by atoms with Gasteiger partial charge < -0.3 is 0 Å². The van der Waals surface area contributed by atoms with Crippen LogP contribution in [0.4, 0.5) is 0 Å². The van der Waals surface area contributed by atoms with E-state index < -0.39 is 22.8 Å². The van der Waals surface area contributed by atoms with Gasteiger partial charge in [-0.05, 0) is 0 Å². The summed E-state index contributed by atoms with van der Waals surface area (Å²) < 4.78 is 1.66. The van der Waals surface area contributed by atoms with Crippen LogP contribution in [0.1, 0.15) is 28.7 Å². The Bertz CT molecular complexity index is 1080. The SMILES string of the molecule is C1=CCC([C]2([Zr]=[C](c3ccccc3)c3ccccc3)C=Cc3ccccc32)=C1. The first-order valence-corrected chi connectivity index (χ1v) is 12.2. The van der Waals surface area contributed by atoms with Crippen molar-refractivity contribution >= 4 is 9.28 Å². The molecule has 2 aliphatic rings. The van der Waals surface area contributed by atoms with Gasteiger partial charge in [0.25, 0.3) is 0 Å². The molecule has 1 heteroatoms. The Morgan fingerprint density at radius 3 is 2.04 bits per heavy atom. The summed E-state index contributed by atoms with van der Waals surface area (Å²) >= 11 is -1.09. The maximum absolute atomic E-state index is 2.51. The summed E-state index contributed by atoms with van der Waals surface area (Å²) in [5, 5.41) is 0. The fraction of sp³-hybridized carbons (Fsp3) is 0.0741. The molecule has 1 atom stereocenters. The molecule has 0 radical (unpaired) electrons. The summed E-state index contributed by atoms with van der Waals surface area (Å²) in [7, 11) is 0. The van der Waals surface area contributed by atoms with E-state index >= 15 is 0 Å². The zero-order valence-electron chi connectivity index (χ0n) is 15.7. The summed E-state index contributed by atoms with van der Waals surface area (Å²) in [6, 6.07) is 31.0. The van der Waals surface area contributed by atoms with Crippen molar-refractivity contribution in [1.29, 1.82) is 0 Å². The Kier molecular flexibility index (Phi) is 4.79. The van der Waals surface area contributed by atoms with Gasteiger partial charge in [0.05, 0.1) is 0 Å². The Labute approximate surface area is 178 Å². The van der Waals surface area contributed by atoms with Crippen molar-refractivity contribution in [2.45, 2.75) is 9.54 Å². The summed E-state index contributed by atoms with van der Waals surface area (Å²) in [6.07, 6.45) is 12.8. The number of fused-ring (bicyclic) bond motifs is 1. The van der Waals surface area contributed by atoms with Crippen molar-refractivity contribution in [3.05, 3.63) is 137 Å². The zero-order valence-corrected chi connectivity index (χ0v) is 18.1. The minimum atomic E-state index is -1.09. The van der Waals surface area contributed by atoms with Crippen molar-refractivity contribution in [2.24, 2.45) is 0 Å². The van der Waals surface area contributed by atoms with Crippen LogP contribution in [0.3, 0.4) is 0 Å². The molecule has 0 aromatic heterocycles. The number of hydrogen-bond donors (Lipinski definition) is 0. The molecule has 28 heavy (non-hydrogen) atoms. The Balaban J connectivity index is 1.77. The monoisotopic (exact) mass is 435 g/mol. The minimum absolute atomic E-state index is 0.0878. The van der Waals surface area contributed by atoms with Gasteiger partial charge in [0.15, 0.2) is 0 Å². The Morgan fingerprint density at radius 2 is 1.39 bits per heavy atom. The number of rotatable bonds is 4. The second-order valence-corrected chi connectivity index (χ2v) is 11.1. The molecule has 0 heterocycles. The third kappa shape index (κ3) is 3.09. The quantitative estimate of drug-likeness (QED) is 0.460. The molecule has 133 valence electrons. The van der Waals surface area contributed by atoms with Gasteiger partial charge in [-0.1, -0.05) is 0 Å². The van der Waals surface area contributed by atoms with Gasteiger partial charge in [-0.3, -0.25) is 0 Å². The molecule has 3 aromatic rings. The number of hydrogen-bond acceptors (Lipinski definition) is 0. The molecule has 0 fully saturated rings. The first-order chi connectivity index (χ1) is 13.9. The molecule has 0 amide bonds. The van der Waals surface area contributed by atoms with Crippen LogP contribution in [-0.2, 0) is 25.9 Å². The Morgan fingerprint density at radius 1 is 0.750 bits per heavy atom. The third-order valence-electron chi connectivity index (χ3n) is 5.62. The van der Waals surface area contributed by atoms with Crippen LogP contribution in [-0.4, -0.2) is 3.21 Å². The van der Waals surface area contributed by atoms with Crippen LogP contribution in [0.25, 0.3) is 6.08 Å². The molecular formula is C27H21Zr. The molecular weight excluding hydrogens is 416 g/mol. The number of allylic oxidation sites excluding steroid dienone is 5. The molecule has 0 aliphatic heterocycles. The van der Waals surface area contributed by atoms with E-state index in [1.54, 1.807) is 8.78 Å². The average Bonchev–Trinajstić information content (AvgIpc) is 3.43. The van der Waals surface area contributed by atoms with Crippen molar-refractivity contribution in [1.82, 2.24) is 0 Å².